The van der Waals surface area contributed by atoms with E-state index in [1.165, 1.54) is 35.6 Å². The van der Waals surface area contributed by atoms with Crippen LogP contribution in [0.1, 0.15) is 5.56 Å². The van der Waals surface area contributed by atoms with E-state index >= 15 is 0 Å². The van der Waals surface area contributed by atoms with Crippen molar-refractivity contribution < 1.29 is 13.9 Å². The molecule has 0 unspecified atom stereocenters. The summed E-state index contributed by atoms with van der Waals surface area (Å²) in [6.07, 6.45) is 0. The zero-order chi connectivity index (χ0) is 22.0. The van der Waals surface area contributed by atoms with E-state index in [1.54, 1.807) is 49.6 Å². The van der Waals surface area contributed by atoms with Gasteiger partial charge in [0.2, 0.25) is 0 Å². The van der Waals surface area contributed by atoms with Gasteiger partial charge < -0.3 is 9.47 Å². The molecule has 31 heavy (non-hydrogen) atoms. The molecule has 5 nitrogen and oxygen atoms in total. The van der Waals surface area contributed by atoms with E-state index < -0.39 is 5.82 Å². The van der Waals surface area contributed by atoms with E-state index in [0.29, 0.717) is 44.0 Å². The van der Waals surface area contributed by atoms with E-state index in [0.717, 1.165) is 5.56 Å². The van der Waals surface area contributed by atoms with Crippen LogP contribution in [0.4, 0.5) is 4.39 Å². The maximum Gasteiger partial charge on any atom is 0.266 e. The van der Waals surface area contributed by atoms with Crippen molar-refractivity contribution in [3.05, 3.63) is 87.4 Å². The van der Waals surface area contributed by atoms with Gasteiger partial charge in [0, 0.05) is 16.8 Å². The highest BCUT2D eigenvalue weighted by Gasteiger charge is 2.18. The van der Waals surface area contributed by atoms with Crippen LogP contribution in [0.3, 0.4) is 0 Å². The zero-order valence-electron chi connectivity index (χ0n) is 16.8. The molecule has 0 radical (unpaired) electrons. The Morgan fingerprint density at radius 1 is 1.06 bits per heavy atom. The van der Waals surface area contributed by atoms with Crippen LogP contribution in [0.15, 0.2) is 70.6 Å². The van der Waals surface area contributed by atoms with Gasteiger partial charge in [0.1, 0.15) is 17.3 Å². The average molecular weight is 457 g/mol. The molecule has 0 aliphatic heterocycles. The molecule has 3 aromatic carbocycles. The fourth-order valence-electron chi connectivity index (χ4n) is 3.17. The molecule has 0 atom stereocenters. The minimum Gasteiger partial charge on any atom is -0.497 e. The summed E-state index contributed by atoms with van der Waals surface area (Å²) in [5.74, 6) is 1.08. The second-order valence-corrected chi connectivity index (χ2v) is 7.96. The fraction of sp³-hybridized carbons (Fsp3) is 0.130. The van der Waals surface area contributed by atoms with Gasteiger partial charge in [-0.3, -0.25) is 9.36 Å². The molecule has 4 aromatic rings. The summed E-state index contributed by atoms with van der Waals surface area (Å²) in [6.45, 7) is 0. The van der Waals surface area contributed by atoms with Gasteiger partial charge in [0.25, 0.3) is 5.56 Å². The van der Waals surface area contributed by atoms with E-state index in [1.807, 2.05) is 6.07 Å². The first kappa shape index (κ1) is 21.2. The molecule has 0 amide bonds. The Balaban J connectivity index is 1.89. The lowest BCUT2D eigenvalue weighted by atomic mass is 10.2. The molecule has 0 N–H and O–H groups in total. The van der Waals surface area contributed by atoms with Crippen molar-refractivity contribution in [1.82, 2.24) is 9.55 Å². The van der Waals surface area contributed by atoms with Crippen molar-refractivity contribution in [3.63, 3.8) is 0 Å². The molecular formula is C23H18ClFN2O3S. The van der Waals surface area contributed by atoms with Gasteiger partial charge in [-0.25, -0.2) is 9.37 Å². The number of fused-ring (bicyclic) bond motifs is 1. The molecule has 0 spiro atoms. The number of thioether (sulfide) groups is 1. The minimum atomic E-state index is -0.402. The van der Waals surface area contributed by atoms with Crippen molar-refractivity contribution >= 4 is 34.3 Å². The quantitative estimate of drug-likeness (QED) is 0.284. The number of aromatic nitrogens is 2. The van der Waals surface area contributed by atoms with Gasteiger partial charge in [0.05, 0.1) is 30.8 Å². The normalized spacial score (nSPS) is 11.0. The second kappa shape index (κ2) is 8.99. The van der Waals surface area contributed by atoms with Crippen molar-refractivity contribution in [2.45, 2.75) is 10.9 Å². The van der Waals surface area contributed by atoms with Crippen molar-refractivity contribution in [2.75, 3.05) is 14.2 Å². The van der Waals surface area contributed by atoms with Crippen molar-refractivity contribution in [3.8, 4) is 17.2 Å². The van der Waals surface area contributed by atoms with E-state index in [2.05, 4.69) is 0 Å². The Bertz CT molecular complexity index is 1330. The number of benzene rings is 3. The molecular weight excluding hydrogens is 439 g/mol. The Morgan fingerprint density at radius 3 is 2.61 bits per heavy atom. The second-order valence-electron chi connectivity index (χ2n) is 6.61. The van der Waals surface area contributed by atoms with Gasteiger partial charge in [-0.1, -0.05) is 41.6 Å². The van der Waals surface area contributed by atoms with Gasteiger partial charge in [-0.05, 0) is 42.0 Å². The number of methoxy groups -OCH3 is 2. The maximum atomic E-state index is 13.5. The number of hydrogen-bond acceptors (Lipinski definition) is 5. The Kier molecular flexibility index (Phi) is 6.15. The Hall–Kier alpha value is -3.03. The van der Waals surface area contributed by atoms with Gasteiger partial charge >= 0.3 is 0 Å². The van der Waals surface area contributed by atoms with Gasteiger partial charge in [-0.2, -0.15) is 0 Å². The van der Waals surface area contributed by atoms with Gasteiger partial charge in [0.15, 0.2) is 5.16 Å². The lowest BCUT2D eigenvalue weighted by molar-refractivity contribution is 0.400. The molecule has 0 bridgehead atoms. The maximum absolute atomic E-state index is 13.5. The zero-order valence-corrected chi connectivity index (χ0v) is 18.3. The molecule has 1 aromatic heterocycles. The van der Waals surface area contributed by atoms with Crippen LogP contribution in [0.5, 0.6) is 11.5 Å². The standard InChI is InChI=1S/C23H18ClFN2O3S/c1-29-16-9-10-21(30-2)20(12-16)27-22(28)17-5-3-4-6-19(17)26-23(27)31-13-14-7-8-15(25)11-18(14)24/h3-12H,13H2,1-2H3. The molecule has 0 aliphatic carbocycles. The number of para-hydroxylation sites is 1. The molecule has 0 aliphatic rings. The number of ether oxygens (including phenoxy) is 2. The van der Waals surface area contributed by atoms with Crippen LogP contribution in [0.25, 0.3) is 16.6 Å². The summed E-state index contributed by atoms with van der Waals surface area (Å²) >= 11 is 7.51. The number of halogens is 2. The summed E-state index contributed by atoms with van der Waals surface area (Å²) in [4.78, 5) is 18.2. The molecule has 1 heterocycles. The first-order chi connectivity index (χ1) is 15.0. The first-order valence-electron chi connectivity index (χ1n) is 9.32. The first-order valence-corrected chi connectivity index (χ1v) is 10.7. The number of rotatable bonds is 6. The summed E-state index contributed by atoms with van der Waals surface area (Å²) in [7, 11) is 3.09. The lowest BCUT2D eigenvalue weighted by Gasteiger charge is -2.17. The van der Waals surface area contributed by atoms with Gasteiger partial charge in [-0.15, -0.1) is 0 Å². The third kappa shape index (κ3) is 4.24. The topological polar surface area (TPSA) is 53.4 Å². The summed E-state index contributed by atoms with van der Waals surface area (Å²) in [5.41, 5.74) is 1.60. The molecule has 4 rings (SSSR count). The largest absolute Gasteiger partial charge is 0.497 e. The van der Waals surface area contributed by atoms with Crippen molar-refractivity contribution in [1.29, 1.82) is 0 Å². The fourth-order valence-corrected chi connectivity index (χ4v) is 4.50. The van der Waals surface area contributed by atoms with Crippen LogP contribution in [0.2, 0.25) is 5.02 Å². The monoisotopic (exact) mass is 456 g/mol. The van der Waals surface area contributed by atoms with E-state index in [9.17, 15) is 9.18 Å². The van der Waals surface area contributed by atoms with Crippen LogP contribution in [0, 0.1) is 5.82 Å². The Morgan fingerprint density at radius 2 is 1.87 bits per heavy atom. The van der Waals surface area contributed by atoms with Crippen LogP contribution in [-0.2, 0) is 5.75 Å². The summed E-state index contributed by atoms with van der Waals surface area (Å²) in [5, 5.41) is 1.26. The molecule has 0 saturated carbocycles. The highest BCUT2D eigenvalue weighted by Crippen LogP contribution is 2.32. The average Bonchev–Trinajstić information content (AvgIpc) is 2.78. The minimum absolute atomic E-state index is 0.232. The lowest BCUT2D eigenvalue weighted by Crippen LogP contribution is -2.22. The highest BCUT2D eigenvalue weighted by atomic mass is 35.5. The summed E-state index contributed by atoms with van der Waals surface area (Å²) < 4.78 is 25.8. The van der Waals surface area contributed by atoms with Crippen molar-refractivity contribution in [2.24, 2.45) is 0 Å². The third-order valence-corrected chi connectivity index (χ3v) is 6.08. The van der Waals surface area contributed by atoms with E-state index in [-0.39, 0.29) is 5.56 Å². The molecule has 158 valence electrons. The summed E-state index contributed by atoms with van der Waals surface area (Å²) in [6, 6.07) is 16.6. The van der Waals surface area contributed by atoms with Crippen LogP contribution >= 0.6 is 23.4 Å². The molecule has 0 fully saturated rings. The highest BCUT2D eigenvalue weighted by molar-refractivity contribution is 7.98. The number of nitrogens with zero attached hydrogens (tertiary/aromatic N) is 2. The van der Waals surface area contributed by atoms with Crippen LogP contribution in [-0.4, -0.2) is 23.8 Å². The predicted octanol–water partition coefficient (Wildman–Crippen LogP) is 5.49. The molecule has 0 saturated heterocycles. The Labute approximate surface area is 187 Å². The molecule has 8 heteroatoms. The SMILES string of the molecule is COc1ccc(OC)c(-n2c(SCc3ccc(F)cc3Cl)nc3ccccc3c2=O)c1. The predicted molar refractivity (Wildman–Crippen MR) is 121 cm³/mol. The third-order valence-electron chi connectivity index (χ3n) is 4.74. The number of hydrogen-bond donors (Lipinski definition) is 0. The van der Waals surface area contributed by atoms with E-state index in [4.69, 9.17) is 26.1 Å². The van der Waals surface area contributed by atoms with Crippen LogP contribution < -0.4 is 15.0 Å². The smallest absolute Gasteiger partial charge is 0.266 e.